The summed E-state index contributed by atoms with van der Waals surface area (Å²) in [4.78, 5) is 0. The number of hydrogen-bond acceptors (Lipinski definition) is 3. The number of hydrogen-bond donors (Lipinski definition) is 1. The standard InChI is InChI=1S/C14H18N4/c1-2-6-12(7-3-1)15-10-14-17-16-11-18(14)13-8-4-5-9-13/h1-3,6-7,11,13,15H,4-5,8-10H2. The molecule has 94 valence electrons. The molecule has 0 saturated heterocycles. The highest BCUT2D eigenvalue weighted by atomic mass is 15.3. The van der Waals surface area contributed by atoms with Crippen molar-refractivity contribution in [1.82, 2.24) is 14.8 Å². The van der Waals surface area contributed by atoms with E-state index in [0.717, 1.165) is 18.1 Å². The smallest absolute Gasteiger partial charge is 0.152 e. The van der Waals surface area contributed by atoms with Crippen LogP contribution in [0.5, 0.6) is 0 Å². The van der Waals surface area contributed by atoms with Gasteiger partial charge in [0.05, 0.1) is 6.54 Å². The summed E-state index contributed by atoms with van der Waals surface area (Å²) in [6.45, 7) is 0.737. The van der Waals surface area contributed by atoms with E-state index in [2.05, 4.69) is 32.2 Å². The molecule has 18 heavy (non-hydrogen) atoms. The number of aromatic nitrogens is 3. The van der Waals surface area contributed by atoms with E-state index in [-0.39, 0.29) is 0 Å². The van der Waals surface area contributed by atoms with Crippen LogP contribution in [0, 0.1) is 0 Å². The van der Waals surface area contributed by atoms with Crippen molar-refractivity contribution < 1.29 is 0 Å². The van der Waals surface area contributed by atoms with Gasteiger partial charge >= 0.3 is 0 Å². The fourth-order valence-electron chi connectivity index (χ4n) is 2.62. The van der Waals surface area contributed by atoms with E-state index in [0.29, 0.717) is 6.04 Å². The molecular formula is C14H18N4. The van der Waals surface area contributed by atoms with Crippen LogP contribution in [0.25, 0.3) is 0 Å². The van der Waals surface area contributed by atoms with Gasteiger partial charge in [0.25, 0.3) is 0 Å². The maximum absolute atomic E-state index is 4.23. The van der Waals surface area contributed by atoms with Gasteiger partial charge in [0.15, 0.2) is 5.82 Å². The monoisotopic (exact) mass is 242 g/mol. The Hall–Kier alpha value is -1.84. The zero-order valence-electron chi connectivity index (χ0n) is 10.4. The lowest BCUT2D eigenvalue weighted by molar-refractivity contribution is 0.499. The summed E-state index contributed by atoms with van der Waals surface area (Å²) in [5, 5.41) is 11.7. The van der Waals surface area contributed by atoms with E-state index >= 15 is 0 Å². The molecular weight excluding hydrogens is 224 g/mol. The summed E-state index contributed by atoms with van der Waals surface area (Å²) in [5.74, 6) is 1.03. The lowest BCUT2D eigenvalue weighted by atomic mass is 10.2. The summed E-state index contributed by atoms with van der Waals surface area (Å²) in [5.41, 5.74) is 1.12. The molecule has 0 aliphatic heterocycles. The Bertz CT molecular complexity index is 486. The quantitative estimate of drug-likeness (QED) is 0.896. The molecule has 1 aromatic heterocycles. The molecule has 0 spiro atoms. The van der Waals surface area contributed by atoms with Crippen LogP contribution in [0.3, 0.4) is 0 Å². The van der Waals surface area contributed by atoms with E-state index in [1.54, 1.807) is 0 Å². The number of para-hydroxylation sites is 1. The van der Waals surface area contributed by atoms with E-state index in [9.17, 15) is 0 Å². The van der Waals surface area contributed by atoms with Crippen LogP contribution in [-0.4, -0.2) is 14.8 Å². The van der Waals surface area contributed by atoms with Crippen molar-refractivity contribution >= 4 is 5.69 Å². The molecule has 4 heteroatoms. The zero-order valence-corrected chi connectivity index (χ0v) is 10.4. The predicted octanol–water partition coefficient (Wildman–Crippen LogP) is 3.01. The molecule has 0 amide bonds. The fraction of sp³-hybridized carbons (Fsp3) is 0.429. The van der Waals surface area contributed by atoms with Gasteiger partial charge in [0.2, 0.25) is 0 Å². The number of anilines is 1. The van der Waals surface area contributed by atoms with Crippen LogP contribution in [0.1, 0.15) is 37.5 Å². The highest BCUT2D eigenvalue weighted by Gasteiger charge is 2.19. The summed E-state index contributed by atoms with van der Waals surface area (Å²) in [7, 11) is 0. The molecule has 1 heterocycles. The van der Waals surface area contributed by atoms with Crippen LogP contribution in [0.2, 0.25) is 0 Å². The van der Waals surface area contributed by atoms with Gasteiger partial charge in [-0.25, -0.2) is 0 Å². The van der Waals surface area contributed by atoms with Gasteiger partial charge < -0.3 is 9.88 Å². The van der Waals surface area contributed by atoms with E-state index in [1.165, 1.54) is 25.7 Å². The lowest BCUT2D eigenvalue weighted by Gasteiger charge is -2.14. The highest BCUT2D eigenvalue weighted by molar-refractivity contribution is 5.42. The first kappa shape index (κ1) is 11.3. The van der Waals surface area contributed by atoms with Crippen molar-refractivity contribution in [2.75, 3.05) is 5.32 Å². The minimum Gasteiger partial charge on any atom is -0.378 e. The van der Waals surface area contributed by atoms with E-state index < -0.39 is 0 Å². The number of rotatable bonds is 4. The third kappa shape index (κ3) is 2.37. The second-order valence-electron chi connectivity index (χ2n) is 4.81. The highest BCUT2D eigenvalue weighted by Crippen LogP contribution is 2.29. The summed E-state index contributed by atoms with van der Waals surface area (Å²) >= 11 is 0. The zero-order chi connectivity index (χ0) is 12.2. The Morgan fingerprint density at radius 2 is 1.94 bits per heavy atom. The van der Waals surface area contributed by atoms with Gasteiger partial charge in [-0.15, -0.1) is 10.2 Å². The summed E-state index contributed by atoms with van der Waals surface area (Å²) < 4.78 is 2.24. The predicted molar refractivity (Wildman–Crippen MR) is 71.3 cm³/mol. The summed E-state index contributed by atoms with van der Waals surface area (Å²) in [6, 6.07) is 10.8. The van der Waals surface area contributed by atoms with Crippen LogP contribution in [0.4, 0.5) is 5.69 Å². The maximum Gasteiger partial charge on any atom is 0.152 e. The van der Waals surface area contributed by atoms with Crippen LogP contribution in [0.15, 0.2) is 36.7 Å². The minimum atomic E-state index is 0.604. The van der Waals surface area contributed by atoms with Crippen LogP contribution >= 0.6 is 0 Å². The first-order valence-electron chi connectivity index (χ1n) is 6.61. The van der Waals surface area contributed by atoms with Gasteiger partial charge in [-0.2, -0.15) is 0 Å². The Kier molecular flexibility index (Phi) is 3.26. The fourth-order valence-corrected chi connectivity index (χ4v) is 2.62. The van der Waals surface area contributed by atoms with Gasteiger partial charge in [0.1, 0.15) is 6.33 Å². The van der Waals surface area contributed by atoms with Crippen molar-refractivity contribution in [2.45, 2.75) is 38.3 Å². The van der Waals surface area contributed by atoms with Crippen molar-refractivity contribution in [3.8, 4) is 0 Å². The average molecular weight is 242 g/mol. The molecule has 1 aromatic carbocycles. The van der Waals surface area contributed by atoms with Crippen LogP contribution < -0.4 is 5.32 Å². The van der Waals surface area contributed by atoms with Crippen LogP contribution in [-0.2, 0) is 6.54 Å². The average Bonchev–Trinajstić information content (AvgIpc) is 3.08. The molecule has 1 aliphatic carbocycles. The minimum absolute atomic E-state index is 0.604. The molecule has 0 atom stereocenters. The van der Waals surface area contributed by atoms with Crippen molar-refractivity contribution in [3.63, 3.8) is 0 Å². The number of nitrogens with one attached hydrogen (secondary N) is 1. The topological polar surface area (TPSA) is 42.7 Å². The third-order valence-electron chi connectivity index (χ3n) is 3.59. The summed E-state index contributed by atoms with van der Waals surface area (Å²) in [6.07, 6.45) is 7.05. The molecule has 0 bridgehead atoms. The second-order valence-corrected chi connectivity index (χ2v) is 4.81. The second kappa shape index (κ2) is 5.21. The van der Waals surface area contributed by atoms with Crippen molar-refractivity contribution in [1.29, 1.82) is 0 Å². The number of nitrogens with zero attached hydrogens (tertiary/aromatic N) is 3. The Morgan fingerprint density at radius 3 is 2.72 bits per heavy atom. The third-order valence-corrected chi connectivity index (χ3v) is 3.59. The van der Waals surface area contributed by atoms with Crippen molar-refractivity contribution in [3.05, 3.63) is 42.5 Å². The van der Waals surface area contributed by atoms with Gasteiger partial charge in [-0.3, -0.25) is 0 Å². The molecule has 1 fully saturated rings. The Morgan fingerprint density at radius 1 is 1.17 bits per heavy atom. The van der Waals surface area contributed by atoms with E-state index in [4.69, 9.17) is 0 Å². The Labute approximate surface area is 107 Å². The molecule has 3 rings (SSSR count). The SMILES string of the molecule is c1ccc(NCc2nncn2C2CCCC2)cc1. The number of benzene rings is 1. The molecule has 1 saturated carbocycles. The first-order chi connectivity index (χ1) is 8.93. The van der Waals surface area contributed by atoms with Gasteiger partial charge in [-0.05, 0) is 25.0 Å². The Balaban J connectivity index is 1.68. The molecule has 1 N–H and O–H groups in total. The lowest BCUT2D eigenvalue weighted by Crippen LogP contribution is -2.11. The molecule has 4 nitrogen and oxygen atoms in total. The van der Waals surface area contributed by atoms with Gasteiger partial charge in [-0.1, -0.05) is 31.0 Å². The maximum atomic E-state index is 4.23. The first-order valence-corrected chi connectivity index (χ1v) is 6.61. The molecule has 0 radical (unpaired) electrons. The molecule has 0 unspecified atom stereocenters. The normalized spacial score (nSPS) is 16.0. The van der Waals surface area contributed by atoms with Crippen molar-refractivity contribution in [2.24, 2.45) is 0 Å². The molecule has 2 aromatic rings. The van der Waals surface area contributed by atoms with Gasteiger partial charge in [0, 0.05) is 11.7 Å². The molecule has 1 aliphatic rings. The van der Waals surface area contributed by atoms with E-state index in [1.807, 2.05) is 24.5 Å². The largest absolute Gasteiger partial charge is 0.378 e.